The number of hydrogen-bond donors (Lipinski definition) is 0. The van der Waals surface area contributed by atoms with E-state index in [-0.39, 0.29) is 0 Å². The zero-order valence-corrected chi connectivity index (χ0v) is 23.2. The van der Waals surface area contributed by atoms with E-state index in [2.05, 4.69) is 119 Å². The van der Waals surface area contributed by atoms with Crippen LogP contribution in [0.25, 0.3) is 11.1 Å². The average molecular weight is 531 g/mol. The minimum atomic E-state index is 0.824. The molecule has 0 unspecified atom stereocenters. The molecule has 0 spiro atoms. The summed E-state index contributed by atoms with van der Waals surface area (Å²) in [5, 5.41) is 0. The molecule has 0 atom stereocenters. The Balaban J connectivity index is 1.40. The molecular weight excluding hydrogens is 492 g/mol. The molecular formula is C36H38N2O2. The van der Waals surface area contributed by atoms with Crippen LogP contribution < -0.4 is 0 Å². The maximum Gasteiger partial charge on any atom is 0.0594 e. The highest BCUT2D eigenvalue weighted by Crippen LogP contribution is 2.37. The lowest BCUT2D eigenvalue weighted by Crippen LogP contribution is -2.35. The van der Waals surface area contributed by atoms with Crippen molar-refractivity contribution in [3.05, 3.63) is 143 Å². The Hall–Kier alpha value is -3.54. The van der Waals surface area contributed by atoms with Crippen molar-refractivity contribution >= 4 is 11.1 Å². The first-order valence-electron chi connectivity index (χ1n) is 14.5. The van der Waals surface area contributed by atoms with Gasteiger partial charge in [0, 0.05) is 39.3 Å². The molecule has 0 N–H and O–H groups in total. The van der Waals surface area contributed by atoms with Gasteiger partial charge in [-0.15, -0.1) is 0 Å². The van der Waals surface area contributed by atoms with Gasteiger partial charge in [-0.3, -0.25) is 9.80 Å². The molecule has 4 nitrogen and oxygen atoms in total. The van der Waals surface area contributed by atoms with E-state index < -0.39 is 0 Å². The number of hydrogen-bond acceptors (Lipinski definition) is 4. The summed E-state index contributed by atoms with van der Waals surface area (Å²) in [7, 11) is 0. The van der Waals surface area contributed by atoms with Crippen molar-refractivity contribution in [2.24, 2.45) is 0 Å². The Morgan fingerprint density at radius 3 is 1.10 bits per heavy atom. The summed E-state index contributed by atoms with van der Waals surface area (Å²) in [4.78, 5) is 4.95. The Morgan fingerprint density at radius 2 is 0.750 bits per heavy atom. The molecule has 4 heteroatoms. The van der Waals surface area contributed by atoms with E-state index in [1.165, 1.54) is 44.5 Å². The van der Waals surface area contributed by atoms with E-state index >= 15 is 0 Å². The van der Waals surface area contributed by atoms with Crippen LogP contribution in [0.4, 0.5) is 0 Å². The summed E-state index contributed by atoms with van der Waals surface area (Å²) < 4.78 is 11.1. The van der Waals surface area contributed by atoms with Crippen LogP contribution in [0.5, 0.6) is 0 Å². The zero-order valence-electron chi connectivity index (χ0n) is 23.2. The molecule has 2 aliphatic rings. The summed E-state index contributed by atoms with van der Waals surface area (Å²) in [6, 6.07) is 40.0. The molecule has 2 fully saturated rings. The van der Waals surface area contributed by atoms with E-state index in [0.29, 0.717) is 0 Å². The molecule has 2 aliphatic heterocycles. The minimum Gasteiger partial charge on any atom is -0.379 e. The van der Waals surface area contributed by atoms with Crippen LogP contribution in [0.2, 0.25) is 0 Å². The predicted octanol–water partition coefficient (Wildman–Crippen LogP) is 6.36. The molecule has 0 amide bonds. The van der Waals surface area contributed by atoms with Crippen molar-refractivity contribution in [1.82, 2.24) is 9.80 Å². The summed E-state index contributed by atoms with van der Waals surface area (Å²) in [6.45, 7) is 9.21. The second-order valence-corrected chi connectivity index (χ2v) is 10.7. The molecule has 0 aromatic heterocycles. The van der Waals surface area contributed by atoms with Crippen LogP contribution in [0.3, 0.4) is 0 Å². The molecule has 40 heavy (non-hydrogen) atoms. The zero-order chi connectivity index (χ0) is 27.0. The first-order chi connectivity index (χ1) is 19.8. The van der Waals surface area contributed by atoms with Gasteiger partial charge in [-0.25, -0.2) is 0 Å². The second-order valence-electron chi connectivity index (χ2n) is 10.7. The largest absolute Gasteiger partial charge is 0.379 e. The lowest BCUT2D eigenvalue weighted by atomic mass is 9.85. The molecule has 204 valence electrons. The molecule has 0 aliphatic carbocycles. The topological polar surface area (TPSA) is 24.9 Å². The van der Waals surface area contributed by atoms with Crippen molar-refractivity contribution < 1.29 is 9.47 Å². The monoisotopic (exact) mass is 530 g/mol. The third kappa shape index (κ3) is 6.60. The third-order valence-corrected chi connectivity index (χ3v) is 7.88. The Kier molecular flexibility index (Phi) is 8.81. The molecule has 0 radical (unpaired) electrons. The lowest BCUT2D eigenvalue weighted by Gasteiger charge is -2.27. The van der Waals surface area contributed by atoms with Crippen molar-refractivity contribution in [3.63, 3.8) is 0 Å². The van der Waals surface area contributed by atoms with Crippen molar-refractivity contribution in [2.45, 2.75) is 13.1 Å². The number of ether oxygens (including phenoxy) is 2. The number of morpholine rings is 2. The van der Waals surface area contributed by atoms with E-state index in [0.717, 1.165) is 65.7 Å². The third-order valence-electron chi connectivity index (χ3n) is 7.88. The number of rotatable bonds is 8. The summed E-state index contributed by atoms with van der Waals surface area (Å²) in [5.74, 6) is 0. The number of benzene rings is 4. The molecule has 4 aromatic carbocycles. The van der Waals surface area contributed by atoms with Crippen LogP contribution in [0.1, 0.15) is 33.4 Å². The van der Waals surface area contributed by atoms with Crippen LogP contribution in [0.15, 0.2) is 109 Å². The fraction of sp³-hybridized carbons (Fsp3) is 0.278. The van der Waals surface area contributed by atoms with Gasteiger partial charge in [-0.05, 0) is 44.5 Å². The Morgan fingerprint density at radius 1 is 0.425 bits per heavy atom. The smallest absolute Gasteiger partial charge is 0.0594 e. The highest BCUT2D eigenvalue weighted by molar-refractivity contribution is 6.04. The fourth-order valence-corrected chi connectivity index (χ4v) is 5.71. The first kappa shape index (κ1) is 26.7. The minimum absolute atomic E-state index is 0.824. The van der Waals surface area contributed by atoms with Crippen LogP contribution in [0, 0.1) is 0 Å². The van der Waals surface area contributed by atoms with Crippen LogP contribution >= 0.6 is 0 Å². The quantitative estimate of drug-likeness (QED) is 0.248. The van der Waals surface area contributed by atoms with E-state index in [1.807, 2.05) is 0 Å². The van der Waals surface area contributed by atoms with Gasteiger partial charge in [-0.1, -0.05) is 109 Å². The second kappa shape index (κ2) is 13.2. The van der Waals surface area contributed by atoms with Gasteiger partial charge in [0.15, 0.2) is 0 Å². The highest BCUT2D eigenvalue weighted by atomic mass is 16.5. The maximum absolute atomic E-state index is 5.54. The lowest BCUT2D eigenvalue weighted by molar-refractivity contribution is 0.0341. The van der Waals surface area contributed by atoms with Crippen molar-refractivity contribution in [2.75, 3.05) is 52.6 Å². The van der Waals surface area contributed by atoms with Crippen LogP contribution in [-0.2, 0) is 22.6 Å². The van der Waals surface area contributed by atoms with E-state index in [4.69, 9.17) is 9.47 Å². The maximum atomic E-state index is 5.54. The molecule has 4 aromatic rings. The van der Waals surface area contributed by atoms with Crippen molar-refractivity contribution in [3.8, 4) is 0 Å². The summed E-state index contributed by atoms with van der Waals surface area (Å²) >= 11 is 0. The summed E-state index contributed by atoms with van der Waals surface area (Å²) in [6.07, 6.45) is 0. The van der Waals surface area contributed by atoms with Gasteiger partial charge in [0.25, 0.3) is 0 Å². The molecule has 0 bridgehead atoms. The Bertz CT molecular complexity index is 1260. The molecule has 6 rings (SSSR count). The molecule has 0 saturated carbocycles. The molecule has 2 saturated heterocycles. The fourth-order valence-electron chi connectivity index (χ4n) is 5.71. The highest BCUT2D eigenvalue weighted by Gasteiger charge is 2.18. The number of nitrogens with zero attached hydrogens (tertiary/aromatic N) is 2. The first-order valence-corrected chi connectivity index (χ1v) is 14.5. The molecule has 2 heterocycles. The van der Waals surface area contributed by atoms with E-state index in [1.54, 1.807) is 0 Å². The van der Waals surface area contributed by atoms with Gasteiger partial charge < -0.3 is 9.47 Å². The Labute approximate surface area is 238 Å². The van der Waals surface area contributed by atoms with Gasteiger partial charge in [-0.2, -0.15) is 0 Å². The summed E-state index contributed by atoms with van der Waals surface area (Å²) in [5.41, 5.74) is 10.1. The van der Waals surface area contributed by atoms with Gasteiger partial charge in [0.2, 0.25) is 0 Å². The average Bonchev–Trinajstić information content (AvgIpc) is 3.03. The van der Waals surface area contributed by atoms with E-state index in [9.17, 15) is 0 Å². The van der Waals surface area contributed by atoms with Crippen LogP contribution in [-0.4, -0.2) is 62.4 Å². The van der Waals surface area contributed by atoms with Gasteiger partial charge in [0.05, 0.1) is 26.4 Å². The standard InChI is InChI=1S/C36H38N2O2/c1-3-7-31(8-4-1)35(33-15-11-29(12-16-33)27-37-19-23-39-24-20-37)36(32-9-5-2-6-10-32)34-17-13-30(14-18-34)28-38-21-25-40-26-22-38/h1-18H,19-28H2/b36-35+. The van der Waals surface area contributed by atoms with Gasteiger partial charge >= 0.3 is 0 Å². The van der Waals surface area contributed by atoms with Gasteiger partial charge in [0.1, 0.15) is 0 Å². The van der Waals surface area contributed by atoms with Crippen molar-refractivity contribution in [1.29, 1.82) is 0 Å². The predicted molar refractivity (Wildman–Crippen MR) is 163 cm³/mol. The normalized spacial score (nSPS) is 17.4. The SMILES string of the molecule is c1ccc(/C(=C(/c2ccccc2)c2ccc(CN3CCOCC3)cc2)c2ccc(CN3CCOCC3)cc2)cc1.